The van der Waals surface area contributed by atoms with Crippen molar-refractivity contribution in [2.45, 2.75) is 32.7 Å². The molecule has 2 atom stereocenters. The van der Waals surface area contributed by atoms with Gasteiger partial charge >= 0.3 is 11.9 Å². The highest BCUT2D eigenvalue weighted by Gasteiger charge is 2.42. The summed E-state index contributed by atoms with van der Waals surface area (Å²) in [6.45, 7) is 4.01. The number of methoxy groups -OCH3 is 1. The van der Waals surface area contributed by atoms with Gasteiger partial charge in [0.05, 0.1) is 17.6 Å². The van der Waals surface area contributed by atoms with Gasteiger partial charge in [0, 0.05) is 13.3 Å². The Morgan fingerprint density at radius 1 is 1.42 bits per heavy atom. The van der Waals surface area contributed by atoms with Crippen molar-refractivity contribution in [2.75, 3.05) is 13.7 Å². The molecule has 1 aliphatic heterocycles. The number of aliphatic imine (C=N–C) groups is 1. The maximum absolute atomic E-state index is 11.4. The second-order valence-corrected chi connectivity index (χ2v) is 4.51. The van der Waals surface area contributed by atoms with Crippen molar-refractivity contribution in [1.82, 2.24) is 0 Å². The monoisotopic (exact) mass is 269 g/mol. The molecule has 0 aromatic carbocycles. The molecule has 0 radical (unpaired) electrons. The number of rotatable bonds is 6. The van der Waals surface area contributed by atoms with Crippen molar-refractivity contribution in [3.05, 3.63) is 11.1 Å². The van der Waals surface area contributed by atoms with Gasteiger partial charge < -0.3 is 14.9 Å². The summed E-state index contributed by atoms with van der Waals surface area (Å²) in [6, 6.07) is -1.33. The second-order valence-electron chi connectivity index (χ2n) is 4.51. The summed E-state index contributed by atoms with van der Waals surface area (Å²) in [7, 11) is 1.53. The number of hydrogen-bond donors (Lipinski definition) is 2. The fourth-order valence-electron chi connectivity index (χ4n) is 2.57. The highest BCUT2D eigenvalue weighted by Crippen LogP contribution is 2.39. The summed E-state index contributed by atoms with van der Waals surface area (Å²) < 4.78 is 5.17. The van der Waals surface area contributed by atoms with Crippen molar-refractivity contribution in [1.29, 1.82) is 0 Å². The molecule has 0 saturated heterocycles. The van der Waals surface area contributed by atoms with Gasteiger partial charge in [-0.25, -0.2) is 9.59 Å². The van der Waals surface area contributed by atoms with E-state index in [0.29, 0.717) is 25.0 Å². The largest absolute Gasteiger partial charge is 0.479 e. The van der Waals surface area contributed by atoms with E-state index in [1.165, 1.54) is 7.11 Å². The maximum atomic E-state index is 11.4. The molecule has 0 spiro atoms. The number of aliphatic carboxylic acids is 2. The van der Waals surface area contributed by atoms with E-state index in [0.717, 1.165) is 0 Å². The van der Waals surface area contributed by atoms with E-state index in [2.05, 4.69) is 4.99 Å². The molecule has 19 heavy (non-hydrogen) atoms. The molecule has 6 heteroatoms. The van der Waals surface area contributed by atoms with Crippen molar-refractivity contribution < 1.29 is 24.5 Å². The highest BCUT2D eigenvalue weighted by molar-refractivity contribution is 6.00. The minimum Gasteiger partial charge on any atom is -0.479 e. The normalized spacial score (nSPS) is 26.6. The number of nitrogens with zero attached hydrogens (tertiary/aromatic N) is 1. The molecule has 2 N–H and O–H groups in total. The zero-order valence-electron chi connectivity index (χ0n) is 11.3. The van der Waals surface area contributed by atoms with Gasteiger partial charge in [-0.1, -0.05) is 13.8 Å². The van der Waals surface area contributed by atoms with E-state index >= 15 is 0 Å². The van der Waals surface area contributed by atoms with Gasteiger partial charge in [0.15, 0.2) is 6.04 Å². The van der Waals surface area contributed by atoms with E-state index in [1.54, 1.807) is 6.21 Å². The molecule has 6 nitrogen and oxygen atoms in total. The molecule has 106 valence electrons. The van der Waals surface area contributed by atoms with Gasteiger partial charge in [0.1, 0.15) is 0 Å². The summed E-state index contributed by atoms with van der Waals surface area (Å²) in [5, 5.41) is 18.4. The van der Waals surface area contributed by atoms with E-state index in [-0.39, 0.29) is 5.57 Å². The van der Waals surface area contributed by atoms with Crippen LogP contribution in [0.4, 0.5) is 0 Å². The molecule has 0 aromatic rings. The molecular formula is C13H19NO5. The number of carboxylic acids is 2. The molecule has 0 saturated carbocycles. The topological polar surface area (TPSA) is 96.2 Å². The van der Waals surface area contributed by atoms with Crippen molar-refractivity contribution in [3.8, 4) is 0 Å². The first-order valence-corrected chi connectivity index (χ1v) is 6.16. The van der Waals surface area contributed by atoms with Crippen molar-refractivity contribution in [2.24, 2.45) is 10.4 Å². The number of dihydropyridines is 1. The van der Waals surface area contributed by atoms with Crippen LogP contribution in [0.25, 0.3) is 0 Å². The Morgan fingerprint density at radius 3 is 2.42 bits per heavy atom. The third kappa shape index (κ3) is 2.68. The van der Waals surface area contributed by atoms with Gasteiger partial charge in [-0.05, 0) is 18.4 Å². The van der Waals surface area contributed by atoms with Gasteiger partial charge in [-0.3, -0.25) is 4.99 Å². The van der Waals surface area contributed by atoms with Crippen LogP contribution in [0.1, 0.15) is 26.7 Å². The van der Waals surface area contributed by atoms with Crippen LogP contribution in [0, 0.1) is 5.41 Å². The van der Waals surface area contributed by atoms with Gasteiger partial charge in [-0.15, -0.1) is 0 Å². The molecule has 1 heterocycles. The predicted molar refractivity (Wildman–Crippen MR) is 69.5 cm³/mol. The minimum absolute atomic E-state index is 0.128. The molecular weight excluding hydrogens is 250 g/mol. The molecule has 0 aromatic heterocycles. The van der Waals surface area contributed by atoms with Crippen molar-refractivity contribution in [3.63, 3.8) is 0 Å². The highest BCUT2D eigenvalue weighted by atomic mass is 16.5. The quantitative estimate of drug-likeness (QED) is 0.759. The minimum atomic E-state index is -1.33. The second kappa shape index (κ2) is 5.97. The lowest BCUT2D eigenvalue weighted by atomic mass is 9.73. The summed E-state index contributed by atoms with van der Waals surface area (Å²) in [5.74, 6) is -2.48. The molecule has 0 aliphatic carbocycles. The third-order valence-corrected chi connectivity index (χ3v) is 3.52. The Bertz CT molecular complexity index is 440. The summed E-state index contributed by atoms with van der Waals surface area (Å²) in [6.07, 6.45) is 2.60. The number of carboxylic acid groups (broad SMARTS) is 2. The van der Waals surface area contributed by atoms with Crippen molar-refractivity contribution >= 4 is 18.2 Å². The molecule has 0 fully saturated rings. The molecule has 0 amide bonds. The van der Waals surface area contributed by atoms with Crippen LogP contribution in [-0.2, 0) is 14.3 Å². The van der Waals surface area contributed by atoms with Crippen LogP contribution in [-0.4, -0.2) is 48.1 Å². The van der Waals surface area contributed by atoms with Gasteiger partial charge in [-0.2, -0.15) is 0 Å². The first-order valence-electron chi connectivity index (χ1n) is 6.16. The summed E-state index contributed by atoms with van der Waals surface area (Å²) in [4.78, 5) is 26.5. The third-order valence-electron chi connectivity index (χ3n) is 3.52. The van der Waals surface area contributed by atoms with Crippen LogP contribution in [0.2, 0.25) is 0 Å². The van der Waals surface area contributed by atoms with E-state index in [4.69, 9.17) is 9.84 Å². The lowest BCUT2D eigenvalue weighted by molar-refractivity contribution is -0.141. The van der Waals surface area contributed by atoms with E-state index < -0.39 is 23.4 Å². The first-order chi connectivity index (χ1) is 8.93. The first kappa shape index (κ1) is 15.4. The Labute approximate surface area is 111 Å². The van der Waals surface area contributed by atoms with E-state index in [9.17, 15) is 14.7 Å². The lowest BCUT2D eigenvalue weighted by Gasteiger charge is -2.36. The molecule has 1 aliphatic rings. The average molecular weight is 269 g/mol. The molecule has 1 rings (SSSR count). The zero-order valence-corrected chi connectivity index (χ0v) is 11.3. The fraction of sp³-hybridized carbons (Fsp3) is 0.615. The van der Waals surface area contributed by atoms with E-state index in [1.807, 2.05) is 13.8 Å². The standard InChI is InChI=1S/C13H19NO5/c1-4-8-9(11(15)16)10(12(17)18)14-6-13(8,5-2)7-19-3/h6,10H,4-5,7H2,1-3H3,(H,15,16)(H,17,18). The predicted octanol–water partition coefficient (Wildman–Crippen LogP) is 1.36. The van der Waals surface area contributed by atoms with Crippen LogP contribution >= 0.6 is 0 Å². The molecule has 0 bridgehead atoms. The lowest BCUT2D eigenvalue weighted by Crippen LogP contribution is -2.40. The average Bonchev–Trinajstić information content (AvgIpc) is 2.37. The Balaban J connectivity index is 3.44. The number of hydrogen-bond acceptors (Lipinski definition) is 4. The molecule has 2 unspecified atom stereocenters. The van der Waals surface area contributed by atoms with Gasteiger partial charge in [0.2, 0.25) is 0 Å². The summed E-state index contributed by atoms with van der Waals surface area (Å²) >= 11 is 0. The van der Waals surface area contributed by atoms with Crippen LogP contribution in [0.15, 0.2) is 16.1 Å². The Hall–Kier alpha value is -1.69. The Kier molecular flexibility index (Phi) is 4.83. The maximum Gasteiger partial charge on any atom is 0.334 e. The van der Waals surface area contributed by atoms with Crippen LogP contribution in [0.5, 0.6) is 0 Å². The Morgan fingerprint density at radius 2 is 2.05 bits per heavy atom. The summed E-state index contributed by atoms with van der Waals surface area (Å²) in [5.41, 5.74) is -0.161. The van der Waals surface area contributed by atoms with Crippen LogP contribution < -0.4 is 0 Å². The zero-order chi connectivity index (χ0) is 14.6. The number of ether oxygens (including phenoxy) is 1. The van der Waals surface area contributed by atoms with Crippen LogP contribution in [0.3, 0.4) is 0 Å². The van der Waals surface area contributed by atoms with Gasteiger partial charge in [0.25, 0.3) is 0 Å². The smallest absolute Gasteiger partial charge is 0.334 e. The number of carbonyl (C=O) groups is 2. The SMILES string of the molecule is CCC1=C(C(=O)O)C(C(=O)O)N=CC1(CC)COC. The fourth-order valence-corrected chi connectivity index (χ4v) is 2.57.